The van der Waals surface area contributed by atoms with Gasteiger partial charge in [0.05, 0.1) is 0 Å². The zero-order valence-electron chi connectivity index (χ0n) is 12.4. The van der Waals surface area contributed by atoms with Crippen LogP contribution in [0, 0.1) is 5.92 Å². The zero-order valence-corrected chi connectivity index (χ0v) is 12.4. The van der Waals surface area contributed by atoms with E-state index >= 15 is 0 Å². The van der Waals surface area contributed by atoms with Crippen LogP contribution in [0.15, 0.2) is 0 Å². The molecule has 1 aromatic heterocycles. The van der Waals surface area contributed by atoms with Crippen molar-refractivity contribution in [3.05, 3.63) is 0 Å². The molecule has 8 heteroatoms. The Bertz CT molecular complexity index is 547. The third kappa shape index (κ3) is 2.84. The van der Waals surface area contributed by atoms with Gasteiger partial charge in [0.2, 0.25) is 23.8 Å². The number of carbonyl (C=O) groups excluding carboxylic acids is 1. The van der Waals surface area contributed by atoms with Crippen molar-refractivity contribution in [3.8, 4) is 0 Å². The van der Waals surface area contributed by atoms with Crippen LogP contribution in [0.5, 0.6) is 0 Å². The Hall–Kier alpha value is -2.12. The fourth-order valence-corrected chi connectivity index (χ4v) is 3.00. The van der Waals surface area contributed by atoms with Gasteiger partial charge in [0.25, 0.3) is 0 Å². The van der Waals surface area contributed by atoms with Crippen molar-refractivity contribution in [2.45, 2.75) is 25.3 Å². The van der Waals surface area contributed by atoms with Gasteiger partial charge in [0.15, 0.2) is 0 Å². The summed E-state index contributed by atoms with van der Waals surface area (Å²) in [5.41, 5.74) is 5.78. The van der Waals surface area contributed by atoms with Crippen molar-refractivity contribution in [2.75, 3.05) is 42.7 Å². The number of nitrogens with two attached hydrogens (primary N) is 1. The molecule has 1 aromatic rings. The van der Waals surface area contributed by atoms with Gasteiger partial charge in [-0.3, -0.25) is 4.79 Å². The van der Waals surface area contributed by atoms with Crippen molar-refractivity contribution >= 4 is 23.8 Å². The Morgan fingerprint density at radius 3 is 2.86 bits per heavy atom. The lowest BCUT2D eigenvalue weighted by molar-refractivity contribution is -0.124. The summed E-state index contributed by atoms with van der Waals surface area (Å²) >= 11 is 0. The second-order valence-corrected chi connectivity index (χ2v) is 5.90. The van der Waals surface area contributed by atoms with Crippen molar-refractivity contribution in [1.82, 2.24) is 20.3 Å². The summed E-state index contributed by atoms with van der Waals surface area (Å²) in [7, 11) is 3.75. The first-order valence-electron chi connectivity index (χ1n) is 7.26. The maximum absolute atomic E-state index is 11.5. The van der Waals surface area contributed by atoms with E-state index in [1.807, 2.05) is 19.0 Å². The number of aromatic nitrogens is 3. The van der Waals surface area contributed by atoms with Gasteiger partial charge in [-0.1, -0.05) is 0 Å². The Kier molecular flexibility index (Phi) is 3.52. The summed E-state index contributed by atoms with van der Waals surface area (Å²) < 4.78 is 0. The summed E-state index contributed by atoms with van der Waals surface area (Å²) in [5, 5.41) is 3.08. The number of nitrogen functional groups attached to an aromatic ring is 1. The van der Waals surface area contributed by atoms with Crippen LogP contribution in [-0.2, 0) is 4.79 Å². The first kappa shape index (κ1) is 13.8. The predicted molar refractivity (Wildman–Crippen MR) is 80.1 cm³/mol. The average Bonchev–Trinajstić information content (AvgIpc) is 2.46. The Morgan fingerprint density at radius 2 is 2.10 bits per heavy atom. The van der Waals surface area contributed by atoms with E-state index in [0.29, 0.717) is 24.2 Å². The maximum Gasteiger partial charge on any atom is 0.231 e. The summed E-state index contributed by atoms with van der Waals surface area (Å²) in [5.74, 6) is 2.06. The Morgan fingerprint density at radius 1 is 1.29 bits per heavy atom. The second kappa shape index (κ2) is 5.34. The van der Waals surface area contributed by atoms with E-state index in [-0.39, 0.29) is 17.9 Å². The van der Waals surface area contributed by atoms with Crippen LogP contribution in [0.1, 0.15) is 19.3 Å². The van der Waals surface area contributed by atoms with E-state index in [1.54, 1.807) is 0 Å². The summed E-state index contributed by atoms with van der Waals surface area (Å²) in [6.45, 7) is 1.67. The van der Waals surface area contributed by atoms with E-state index in [9.17, 15) is 4.79 Å². The van der Waals surface area contributed by atoms with E-state index in [1.165, 1.54) is 0 Å². The topological polar surface area (TPSA) is 100 Å². The van der Waals surface area contributed by atoms with Crippen molar-refractivity contribution in [1.29, 1.82) is 0 Å². The van der Waals surface area contributed by atoms with Crippen molar-refractivity contribution < 1.29 is 4.79 Å². The summed E-state index contributed by atoms with van der Waals surface area (Å²) in [6, 6.07) is 0.287. The van der Waals surface area contributed by atoms with Crippen LogP contribution in [0.3, 0.4) is 0 Å². The number of amides is 1. The minimum absolute atomic E-state index is 0.170. The fraction of sp³-hybridized carbons (Fsp3) is 0.692. The van der Waals surface area contributed by atoms with E-state index in [2.05, 4.69) is 25.2 Å². The average molecular weight is 291 g/mol. The van der Waals surface area contributed by atoms with Gasteiger partial charge < -0.3 is 20.9 Å². The van der Waals surface area contributed by atoms with Crippen LogP contribution in [0.25, 0.3) is 0 Å². The van der Waals surface area contributed by atoms with E-state index < -0.39 is 0 Å². The molecule has 3 heterocycles. The molecule has 2 fully saturated rings. The van der Waals surface area contributed by atoms with Gasteiger partial charge in [-0.05, 0) is 18.8 Å². The zero-order chi connectivity index (χ0) is 15.0. The summed E-state index contributed by atoms with van der Waals surface area (Å²) in [4.78, 5) is 28.3. The third-order valence-electron chi connectivity index (χ3n) is 4.13. The number of anilines is 3. The smallest absolute Gasteiger partial charge is 0.231 e. The highest BCUT2D eigenvalue weighted by Crippen LogP contribution is 2.27. The quantitative estimate of drug-likeness (QED) is 0.766. The lowest BCUT2D eigenvalue weighted by Gasteiger charge is -2.41. The molecule has 0 radical (unpaired) electrons. The molecule has 2 aliphatic rings. The number of nitrogens with zero attached hydrogens (tertiary/aromatic N) is 5. The first-order chi connectivity index (χ1) is 10.0. The third-order valence-corrected chi connectivity index (χ3v) is 4.13. The highest BCUT2D eigenvalue weighted by molar-refractivity contribution is 5.77. The van der Waals surface area contributed by atoms with Crippen molar-refractivity contribution in [2.24, 2.45) is 5.92 Å². The van der Waals surface area contributed by atoms with E-state index in [4.69, 9.17) is 5.73 Å². The molecule has 0 saturated carbocycles. The normalized spacial score (nSPS) is 25.2. The predicted octanol–water partition coefficient (Wildman–Crippen LogP) is -0.375. The van der Waals surface area contributed by atoms with Crippen LogP contribution < -0.4 is 20.9 Å². The minimum atomic E-state index is 0.170. The highest BCUT2D eigenvalue weighted by Gasteiger charge is 2.34. The Balaban J connectivity index is 1.78. The number of piperidine rings is 2. The number of rotatable bonds is 2. The van der Waals surface area contributed by atoms with Gasteiger partial charge >= 0.3 is 0 Å². The monoisotopic (exact) mass is 291 g/mol. The molecule has 8 nitrogen and oxygen atoms in total. The van der Waals surface area contributed by atoms with Gasteiger partial charge in [-0.25, -0.2) is 0 Å². The number of nitrogens with one attached hydrogen (secondary N) is 1. The molecule has 21 heavy (non-hydrogen) atoms. The first-order valence-corrected chi connectivity index (χ1v) is 7.26. The van der Waals surface area contributed by atoms with Crippen LogP contribution in [0.2, 0.25) is 0 Å². The number of fused-ring (bicyclic) bond motifs is 1. The summed E-state index contributed by atoms with van der Waals surface area (Å²) in [6.07, 6.45) is 2.45. The lowest BCUT2D eigenvalue weighted by atomic mass is 9.85. The molecule has 1 amide bonds. The molecule has 3 N–H and O–H groups in total. The number of hydrogen-bond donors (Lipinski definition) is 2. The SMILES string of the molecule is CN(C)c1nc(N)nc(N2CCC3NC(=O)CCC3C2)n1. The van der Waals surface area contributed by atoms with Gasteiger partial charge in [0.1, 0.15) is 0 Å². The van der Waals surface area contributed by atoms with Crippen molar-refractivity contribution in [3.63, 3.8) is 0 Å². The molecule has 2 unspecified atom stereocenters. The minimum Gasteiger partial charge on any atom is -0.368 e. The molecule has 0 bridgehead atoms. The van der Waals surface area contributed by atoms with Gasteiger partial charge in [-0.15, -0.1) is 0 Å². The molecular weight excluding hydrogens is 270 g/mol. The molecule has 0 aromatic carbocycles. The van der Waals surface area contributed by atoms with Crippen LogP contribution in [0.4, 0.5) is 17.8 Å². The Labute approximate surface area is 123 Å². The molecule has 2 saturated heterocycles. The highest BCUT2D eigenvalue weighted by atomic mass is 16.1. The molecule has 0 aliphatic carbocycles. The van der Waals surface area contributed by atoms with Gasteiger partial charge in [-0.2, -0.15) is 15.0 Å². The molecule has 2 atom stereocenters. The van der Waals surface area contributed by atoms with Crippen LogP contribution in [-0.4, -0.2) is 54.1 Å². The maximum atomic E-state index is 11.5. The molecule has 3 rings (SSSR count). The van der Waals surface area contributed by atoms with Crippen LogP contribution >= 0.6 is 0 Å². The lowest BCUT2D eigenvalue weighted by Crippen LogP contribution is -2.54. The largest absolute Gasteiger partial charge is 0.368 e. The standard InChI is InChI=1S/C13H21N7O/c1-19(2)12-16-11(14)17-13(18-12)20-6-5-9-8(7-20)3-4-10(21)15-9/h8-9H,3-7H2,1-2H3,(H,15,21)(H2,14,16,17,18). The molecule has 114 valence electrons. The van der Waals surface area contributed by atoms with E-state index in [0.717, 1.165) is 25.9 Å². The number of hydrogen-bond acceptors (Lipinski definition) is 7. The number of carbonyl (C=O) groups is 1. The molecular formula is C13H21N7O. The second-order valence-electron chi connectivity index (χ2n) is 5.90. The van der Waals surface area contributed by atoms with Gasteiger partial charge in [0, 0.05) is 39.6 Å². The fourth-order valence-electron chi connectivity index (χ4n) is 3.00. The molecule has 2 aliphatic heterocycles. The molecule has 0 spiro atoms.